The molecule has 0 bridgehead atoms. The summed E-state index contributed by atoms with van der Waals surface area (Å²) in [5.74, 6) is 1.01. The average Bonchev–Trinajstić information content (AvgIpc) is 2.88. The lowest BCUT2D eigenvalue weighted by Crippen LogP contribution is -2.28. The van der Waals surface area contributed by atoms with E-state index in [4.69, 9.17) is 4.52 Å². The predicted octanol–water partition coefficient (Wildman–Crippen LogP) is 4.14. The van der Waals surface area contributed by atoms with Gasteiger partial charge in [0.05, 0.1) is 11.7 Å². The highest BCUT2D eigenvalue weighted by atomic mass is 16.5. The topological polar surface area (TPSA) is 42.2 Å². The predicted molar refractivity (Wildman–Crippen MR) is 86.4 cm³/mol. The molecule has 1 fully saturated rings. The fourth-order valence-corrected chi connectivity index (χ4v) is 3.24. The molecule has 1 atom stereocenters. The van der Waals surface area contributed by atoms with E-state index in [9.17, 15) is 0 Å². The highest BCUT2D eigenvalue weighted by Crippen LogP contribution is 2.31. The number of hydrogen-bond donors (Lipinski definition) is 0. The smallest absolute Gasteiger partial charge is 0.137 e. The van der Waals surface area contributed by atoms with Gasteiger partial charge in [0, 0.05) is 25.2 Å². The molecule has 4 heteroatoms. The lowest BCUT2D eigenvalue weighted by molar-refractivity contribution is 0.181. The summed E-state index contributed by atoms with van der Waals surface area (Å²) in [5.41, 5.74) is 2.23. The summed E-state index contributed by atoms with van der Waals surface area (Å²) in [7, 11) is 0. The Balaban J connectivity index is 1.77. The van der Waals surface area contributed by atoms with Crippen LogP contribution in [0, 0.1) is 0 Å². The molecular formula is C18H25N3O. The van der Waals surface area contributed by atoms with E-state index in [1.165, 1.54) is 19.3 Å². The summed E-state index contributed by atoms with van der Waals surface area (Å²) in [6.45, 7) is 4.17. The first-order chi connectivity index (χ1) is 10.9. The minimum Gasteiger partial charge on any atom is -0.361 e. The van der Waals surface area contributed by atoms with E-state index in [1.807, 2.05) is 12.3 Å². The maximum atomic E-state index is 5.51. The molecule has 1 unspecified atom stereocenters. The van der Waals surface area contributed by atoms with Gasteiger partial charge in [-0.1, -0.05) is 31.0 Å². The van der Waals surface area contributed by atoms with Crippen molar-refractivity contribution >= 4 is 0 Å². The van der Waals surface area contributed by atoms with Crippen molar-refractivity contribution in [3.63, 3.8) is 0 Å². The zero-order valence-electron chi connectivity index (χ0n) is 13.4. The van der Waals surface area contributed by atoms with Gasteiger partial charge in [-0.3, -0.25) is 9.88 Å². The van der Waals surface area contributed by atoms with Gasteiger partial charge in [0.25, 0.3) is 0 Å². The molecule has 22 heavy (non-hydrogen) atoms. The Morgan fingerprint density at radius 2 is 2.23 bits per heavy atom. The first-order valence-corrected chi connectivity index (χ1v) is 8.46. The number of pyridine rings is 1. The molecule has 3 rings (SSSR count). The quantitative estimate of drug-likeness (QED) is 0.832. The molecule has 1 aliphatic rings. The molecule has 3 heterocycles. The normalized spacial score (nSPS) is 20.0. The molecule has 0 spiro atoms. The standard InChI is InChI=1S/C18H25N3O/c1-2-8-16-13-17(20-22-16)18-10-4-3-7-12-21(18)14-15-9-5-6-11-19-15/h5-6,9,11,13,18H,2-4,7-8,10,12,14H2,1H3. The zero-order chi connectivity index (χ0) is 15.2. The van der Waals surface area contributed by atoms with Crippen molar-refractivity contribution < 1.29 is 4.52 Å². The van der Waals surface area contributed by atoms with Gasteiger partial charge in [-0.25, -0.2) is 0 Å². The molecule has 0 aromatic carbocycles. The van der Waals surface area contributed by atoms with Crippen molar-refractivity contribution in [3.8, 4) is 0 Å². The monoisotopic (exact) mass is 299 g/mol. The molecule has 0 aliphatic carbocycles. The largest absolute Gasteiger partial charge is 0.361 e. The summed E-state index contributed by atoms with van der Waals surface area (Å²) < 4.78 is 5.51. The molecule has 0 saturated carbocycles. The second-order valence-electron chi connectivity index (χ2n) is 6.12. The highest BCUT2D eigenvalue weighted by molar-refractivity contribution is 5.12. The summed E-state index contributed by atoms with van der Waals surface area (Å²) >= 11 is 0. The van der Waals surface area contributed by atoms with E-state index < -0.39 is 0 Å². The van der Waals surface area contributed by atoms with Crippen molar-refractivity contribution in [2.75, 3.05) is 6.54 Å². The van der Waals surface area contributed by atoms with Gasteiger partial charge in [-0.05, 0) is 37.9 Å². The molecule has 1 aliphatic heterocycles. The molecule has 0 radical (unpaired) electrons. The Kier molecular flexibility index (Phi) is 5.22. The molecule has 2 aromatic rings. The van der Waals surface area contributed by atoms with E-state index in [0.717, 1.165) is 49.5 Å². The number of aryl methyl sites for hydroxylation is 1. The number of likely N-dealkylation sites (tertiary alicyclic amines) is 1. The Morgan fingerprint density at radius 1 is 1.27 bits per heavy atom. The maximum Gasteiger partial charge on any atom is 0.137 e. The molecular weight excluding hydrogens is 274 g/mol. The van der Waals surface area contributed by atoms with E-state index in [-0.39, 0.29) is 0 Å². The van der Waals surface area contributed by atoms with Crippen LogP contribution in [0.25, 0.3) is 0 Å². The summed E-state index contributed by atoms with van der Waals surface area (Å²) in [5, 5.41) is 4.35. The van der Waals surface area contributed by atoms with Crippen LogP contribution < -0.4 is 0 Å². The number of hydrogen-bond acceptors (Lipinski definition) is 4. The van der Waals surface area contributed by atoms with Crippen LogP contribution in [0.5, 0.6) is 0 Å². The SMILES string of the molecule is CCCc1cc(C2CCCCCN2Cc2ccccn2)no1. The Hall–Kier alpha value is -1.68. The van der Waals surface area contributed by atoms with Gasteiger partial charge in [-0.15, -0.1) is 0 Å². The van der Waals surface area contributed by atoms with E-state index >= 15 is 0 Å². The van der Waals surface area contributed by atoms with Gasteiger partial charge in [0.15, 0.2) is 0 Å². The van der Waals surface area contributed by atoms with Crippen LogP contribution in [0.3, 0.4) is 0 Å². The van der Waals surface area contributed by atoms with E-state index in [1.54, 1.807) is 0 Å². The van der Waals surface area contributed by atoms with E-state index in [2.05, 4.69) is 40.2 Å². The number of rotatable bonds is 5. The zero-order valence-corrected chi connectivity index (χ0v) is 13.4. The maximum absolute atomic E-state index is 5.51. The summed E-state index contributed by atoms with van der Waals surface area (Å²) in [4.78, 5) is 7.00. The van der Waals surface area contributed by atoms with Gasteiger partial charge >= 0.3 is 0 Å². The van der Waals surface area contributed by atoms with Gasteiger partial charge in [0.1, 0.15) is 11.5 Å². The Morgan fingerprint density at radius 3 is 3.05 bits per heavy atom. The van der Waals surface area contributed by atoms with Gasteiger partial charge in [0.2, 0.25) is 0 Å². The summed E-state index contributed by atoms with van der Waals surface area (Å²) in [6.07, 6.45) is 8.91. The van der Waals surface area contributed by atoms with Crippen LogP contribution in [-0.4, -0.2) is 21.6 Å². The molecule has 1 saturated heterocycles. The minimum atomic E-state index is 0.360. The lowest BCUT2D eigenvalue weighted by Gasteiger charge is -2.27. The van der Waals surface area contributed by atoms with Crippen LogP contribution in [0.1, 0.15) is 62.2 Å². The third-order valence-electron chi connectivity index (χ3n) is 4.37. The number of nitrogens with zero attached hydrogens (tertiary/aromatic N) is 3. The summed E-state index contributed by atoms with van der Waals surface area (Å²) in [6, 6.07) is 8.65. The van der Waals surface area contributed by atoms with Crippen LogP contribution in [0.15, 0.2) is 35.0 Å². The van der Waals surface area contributed by atoms with Crippen molar-refractivity contribution in [1.82, 2.24) is 15.0 Å². The first-order valence-electron chi connectivity index (χ1n) is 8.46. The van der Waals surface area contributed by atoms with Gasteiger partial charge < -0.3 is 4.52 Å². The molecule has 2 aromatic heterocycles. The molecule has 0 N–H and O–H groups in total. The second kappa shape index (κ2) is 7.54. The average molecular weight is 299 g/mol. The van der Waals surface area contributed by atoms with Crippen LogP contribution in [-0.2, 0) is 13.0 Å². The third kappa shape index (κ3) is 3.74. The van der Waals surface area contributed by atoms with Crippen molar-refractivity contribution in [3.05, 3.63) is 47.6 Å². The van der Waals surface area contributed by atoms with Crippen LogP contribution >= 0.6 is 0 Å². The highest BCUT2D eigenvalue weighted by Gasteiger charge is 2.25. The lowest BCUT2D eigenvalue weighted by atomic mass is 10.1. The second-order valence-corrected chi connectivity index (χ2v) is 6.12. The van der Waals surface area contributed by atoms with Crippen LogP contribution in [0.4, 0.5) is 0 Å². The van der Waals surface area contributed by atoms with Gasteiger partial charge in [-0.2, -0.15) is 0 Å². The fraction of sp³-hybridized carbons (Fsp3) is 0.556. The van der Waals surface area contributed by atoms with Crippen molar-refractivity contribution in [1.29, 1.82) is 0 Å². The Labute approximate surface area is 132 Å². The fourth-order valence-electron chi connectivity index (χ4n) is 3.24. The molecule has 0 amide bonds. The Bertz CT molecular complexity index is 567. The van der Waals surface area contributed by atoms with Crippen LogP contribution in [0.2, 0.25) is 0 Å². The van der Waals surface area contributed by atoms with Crippen molar-refractivity contribution in [2.24, 2.45) is 0 Å². The number of aromatic nitrogens is 2. The van der Waals surface area contributed by atoms with Crippen molar-refractivity contribution in [2.45, 2.75) is 58.0 Å². The first kappa shape index (κ1) is 15.2. The minimum absolute atomic E-state index is 0.360. The van der Waals surface area contributed by atoms with E-state index in [0.29, 0.717) is 6.04 Å². The molecule has 4 nitrogen and oxygen atoms in total. The third-order valence-corrected chi connectivity index (χ3v) is 4.37. The molecule has 118 valence electrons.